The lowest BCUT2D eigenvalue weighted by atomic mass is 10.1. The van der Waals surface area contributed by atoms with Gasteiger partial charge in [0.1, 0.15) is 11.5 Å². The van der Waals surface area contributed by atoms with Crippen molar-refractivity contribution >= 4 is 23.0 Å². The first-order valence-electron chi connectivity index (χ1n) is 7.57. The Morgan fingerprint density at radius 2 is 1.43 bits per heavy atom. The number of rotatable bonds is 3. The van der Waals surface area contributed by atoms with Crippen LogP contribution in [0.4, 0.5) is 5.69 Å². The predicted molar refractivity (Wildman–Crippen MR) is 94.1 cm³/mol. The number of carbonyl (C=O) groups excluding carboxylic acids is 1. The van der Waals surface area contributed by atoms with Crippen molar-refractivity contribution in [2.75, 3.05) is 0 Å². The van der Waals surface area contributed by atoms with Crippen molar-refractivity contribution in [3.8, 4) is 0 Å². The Bertz CT molecular complexity index is 788. The van der Waals surface area contributed by atoms with Gasteiger partial charge in [0.05, 0.1) is 17.1 Å². The van der Waals surface area contributed by atoms with E-state index in [1.165, 1.54) is 12.5 Å². The van der Waals surface area contributed by atoms with Gasteiger partial charge in [-0.1, -0.05) is 17.7 Å². The lowest BCUT2D eigenvalue weighted by Crippen LogP contribution is -1.97. The molecule has 0 atom stereocenters. The Balaban J connectivity index is 2.37. The molecule has 4 nitrogen and oxygen atoms in total. The van der Waals surface area contributed by atoms with Crippen molar-refractivity contribution in [1.29, 1.82) is 0 Å². The van der Waals surface area contributed by atoms with E-state index in [1.54, 1.807) is 6.92 Å². The van der Waals surface area contributed by atoms with Gasteiger partial charge in [0.2, 0.25) is 5.91 Å². The molecule has 1 aromatic carbocycles. The minimum Gasteiger partial charge on any atom is -0.454 e. The molecule has 0 bridgehead atoms. The summed E-state index contributed by atoms with van der Waals surface area (Å²) in [5.41, 5.74) is 5.85. The average molecular weight is 310 g/mol. The highest BCUT2D eigenvalue weighted by atomic mass is 16.3. The van der Waals surface area contributed by atoms with Gasteiger partial charge in [0.25, 0.3) is 0 Å². The van der Waals surface area contributed by atoms with Crippen molar-refractivity contribution < 1.29 is 9.21 Å². The summed E-state index contributed by atoms with van der Waals surface area (Å²) in [5, 5.41) is 0. The van der Waals surface area contributed by atoms with E-state index in [0.29, 0.717) is 17.2 Å². The van der Waals surface area contributed by atoms with E-state index in [9.17, 15) is 4.79 Å². The Morgan fingerprint density at radius 3 is 1.96 bits per heavy atom. The minimum atomic E-state index is -0.239. The number of carbonyl (C=O) groups is 1. The van der Waals surface area contributed by atoms with Crippen molar-refractivity contribution in [2.45, 2.75) is 41.5 Å². The van der Waals surface area contributed by atoms with E-state index in [4.69, 9.17) is 9.41 Å². The molecule has 0 radical (unpaired) electrons. The van der Waals surface area contributed by atoms with Crippen LogP contribution in [0.1, 0.15) is 49.0 Å². The molecular weight excluding hydrogens is 288 g/mol. The zero-order valence-electron chi connectivity index (χ0n) is 14.5. The second-order valence-electron chi connectivity index (χ2n) is 5.82. The van der Waals surface area contributed by atoms with Crippen molar-refractivity contribution in [3.05, 3.63) is 52.5 Å². The first-order chi connectivity index (χ1) is 10.8. The lowest BCUT2D eigenvalue weighted by molar-refractivity contribution is -0.115. The molecule has 0 fully saturated rings. The van der Waals surface area contributed by atoms with E-state index < -0.39 is 0 Å². The third kappa shape index (κ3) is 4.03. The highest BCUT2D eigenvalue weighted by Gasteiger charge is 2.10. The number of hydrogen-bond acceptors (Lipinski definition) is 3. The highest BCUT2D eigenvalue weighted by molar-refractivity contribution is 6.04. The topological polar surface area (TPSA) is 54.9 Å². The summed E-state index contributed by atoms with van der Waals surface area (Å²) in [6.45, 7) is 11.3. The van der Waals surface area contributed by atoms with Crippen molar-refractivity contribution in [1.82, 2.24) is 0 Å². The van der Waals surface area contributed by atoms with Crippen LogP contribution in [0.3, 0.4) is 0 Å². The van der Waals surface area contributed by atoms with E-state index in [1.807, 2.05) is 19.1 Å². The monoisotopic (exact) mass is 310 g/mol. The first-order valence-corrected chi connectivity index (χ1v) is 7.57. The van der Waals surface area contributed by atoms with Crippen LogP contribution in [-0.2, 0) is 4.79 Å². The summed E-state index contributed by atoms with van der Waals surface area (Å²) in [5.74, 6) is 1.02. The second-order valence-corrected chi connectivity index (χ2v) is 5.82. The fourth-order valence-electron chi connectivity index (χ4n) is 2.59. The molecule has 4 heteroatoms. The summed E-state index contributed by atoms with van der Waals surface area (Å²) in [7, 11) is 0. The van der Waals surface area contributed by atoms with Crippen LogP contribution in [0.2, 0.25) is 0 Å². The lowest BCUT2D eigenvalue weighted by Gasteiger charge is -2.07. The summed E-state index contributed by atoms with van der Waals surface area (Å²) in [4.78, 5) is 19.7. The molecule has 0 saturated carbocycles. The third-order valence-corrected chi connectivity index (χ3v) is 3.56. The summed E-state index contributed by atoms with van der Waals surface area (Å²) in [6, 6.07) is 7.91. The van der Waals surface area contributed by atoms with Crippen LogP contribution < -0.4 is 0 Å². The average Bonchev–Trinajstić information content (AvgIpc) is 2.91. The highest BCUT2D eigenvalue weighted by Crippen LogP contribution is 2.26. The summed E-state index contributed by atoms with van der Waals surface area (Å²) >= 11 is 0. The van der Waals surface area contributed by atoms with E-state index in [-0.39, 0.29) is 5.91 Å². The minimum absolute atomic E-state index is 0.239. The quantitative estimate of drug-likeness (QED) is 0.771. The van der Waals surface area contributed by atoms with Crippen LogP contribution in [0, 0.1) is 20.8 Å². The number of furan rings is 1. The smallest absolute Gasteiger partial charge is 0.242 e. The zero-order valence-corrected chi connectivity index (χ0v) is 14.5. The molecule has 2 aromatic rings. The van der Waals surface area contributed by atoms with Crippen LogP contribution in [0.15, 0.2) is 38.7 Å². The van der Waals surface area contributed by atoms with Crippen LogP contribution >= 0.6 is 0 Å². The number of amides is 1. The maximum Gasteiger partial charge on any atom is 0.242 e. The molecule has 23 heavy (non-hydrogen) atoms. The molecule has 0 aliphatic rings. The normalized spacial score (nSPS) is 12.6. The first kappa shape index (κ1) is 16.9. The fraction of sp³-hybridized carbons (Fsp3) is 0.316. The molecule has 0 spiro atoms. The van der Waals surface area contributed by atoms with E-state index in [2.05, 4.69) is 37.9 Å². The molecule has 1 amide bonds. The van der Waals surface area contributed by atoms with Crippen LogP contribution in [0.5, 0.6) is 0 Å². The Labute approximate surface area is 137 Å². The van der Waals surface area contributed by atoms with Gasteiger partial charge in [-0.05, 0) is 57.9 Å². The van der Waals surface area contributed by atoms with E-state index >= 15 is 0 Å². The molecule has 0 aliphatic carbocycles. The molecule has 2 rings (SSSR count). The second kappa shape index (κ2) is 6.73. The van der Waals surface area contributed by atoms with Crippen LogP contribution in [0.25, 0.3) is 0 Å². The standard InChI is InChI=1S/C19H22N2O2/c1-11-9-12(2)19(13(3)10-11)21-15(5)18-8-7-17(23-18)14(4)20-16(6)22/h7-10H,1-6H3. The van der Waals surface area contributed by atoms with Crippen molar-refractivity contribution in [2.24, 2.45) is 9.98 Å². The maximum absolute atomic E-state index is 11.1. The molecule has 120 valence electrons. The number of benzene rings is 1. The number of aliphatic imine (C=N–C) groups is 2. The predicted octanol–water partition coefficient (Wildman–Crippen LogP) is 4.70. The van der Waals surface area contributed by atoms with Gasteiger partial charge in [-0.3, -0.25) is 4.79 Å². The van der Waals surface area contributed by atoms with Gasteiger partial charge < -0.3 is 4.42 Å². The Kier molecular flexibility index (Phi) is 4.94. The van der Waals surface area contributed by atoms with E-state index in [0.717, 1.165) is 22.5 Å². The van der Waals surface area contributed by atoms with Gasteiger partial charge in [-0.2, -0.15) is 0 Å². The summed E-state index contributed by atoms with van der Waals surface area (Å²) < 4.78 is 5.77. The maximum atomic E-state index is 11.1. The number of aryl methyl sites for hydroxylation is 3. The van der Waals surface area contributed by atoms with Crippen LogP contribution in [-0.4, -0.2) is 17.3 Å². The van der Waals surface area contributed by atoms with Gasteiger partial charge in [0, 0.05) is 6.92 Å². The molecule has 1 heterocycles. The zero-order chi connectivity index (χ0) is 17.1. The van der Waals surface area contributed by atoms with Gasteiger partial charge in [-0.15, -0.1) is 0 Å². The molecular formula is C19H22N2O2. The molecule has 0 saturated heterocycles. The SMILES string of the molecule is CC(=O)N=C(C)c1ccc(C(C)=Nc2c(C)cc(C)cc2C)o1. The molecule has 0 unspecified atom stereocenters. The molecule has 1 aromatic heterocycles. The van der Waals surface area contributed by atoms with Crippen molar-refractivity contribution in [3.63, 3.8) is 0 Å². The van der Waals surface area contributed by atoms with Gasteiger partial charge >= 0.3 is 0 Å². The Hall–Kier alpha value is -2.49. The Morgan fingerprint density at radius 1 is 0.913 bits per heavy atom. The third-order valence-electron chi connectivity index (χ3n) is 3.56. The van der Waals surface area contributed by atoms with Gasteiger partial charge in [-0.25, -0.2) is 9.98 Å². The van der Waals surface area contributed by atoms with Gasteiger partial charge in [0.15, 0.2) is 0 Å². The fourth-order valence-corrected chi connectivity index (χ4v) is 2.59. The largest absolute Gasteiger partial charge is 0.454 e. The molecule has 0 N–H and O–H groups in total. The summed E-state index contributed by atoms with van der Waals surface area (Å²) in [6.07, 6.45) is 0. The number of nitrogens with zero attached hydrogens (tertiary/aromatic N) is 2. The number of hydrogen-bond donors (Lipinski definition) is 0. The molecule has 0 aliphatic heterocycles.